The monoisotopic (exact) mass is 502 g/mol. The molecular weight excluding hydrogens is 484 g/mol. The predicted molar refractivity (Wildman–Crippen MR) is 128 cm³/mol. The van der Waals surface area contributed by atoms with Crippen LogP contribution in [0.15, 0.2) is 81.2 Å². The maximum Gasteiger partial charge on any atom is 0.250 e. The maximum atomic E-state index is 12.1. The first-order valence-electron chi connectivity index (χ1n) is 9.18. The minimum atomic E-state index is -0.191. The molecule has 0 saturated carbocycles. The predicted octanol–water partition coefficient (Wildman–Crippen LogP) is 6.23. The average Bonchev–Trinajstić information content (AvgIpc) is 2.73. The molecule has 4 nitrogen and oxygen atoms in total. The molecule has 0 aliphatic heterocycles. The van der Waals surface area contributed by atoms with Crippen LogP contribution in [0.3, 0.4) is 0 Å². The van der Waals surface area contributed by atoms with Gasteiger partial charge in [-0.3, -0.25) is 4.79 Å². The number of benzene rings is 3. The molecule has 0 spiro atoms. The van der Waals surface area contributed by atoms with E-state index < -0.39 is 0 Å². The standard InChI is InChI=1S/C23H20BrClN2O2S/c1-16-3-2-4-17(11-16)14-29-22-10-5-19(24)12-18(22)13-26-27-23(28)15-30-21-8-6-20(25)7-9-21/h2-13H,14-15H2,1H3,(H,27,28)/b26-13-. The fraction of sp³-hybridized carbons (Fsp3) is 0.130. The number of nitrogens with one attached hydrogen (secondary N) is 1. The lowest BCUT2D eigenvalue weighted by Gasteiger charge is -2.10. The van der Waals surface area contributed by atoms with Gasteiger partial charge in [-0.15, -0.1) is 11.8 Å². The molecule has 1 amide bonds. The van der Waals surface area contributed by atoms with Gasteiger partial charge in [0.25, 0.3) is 0 Å². The number of halogens is 2. The summed E-state index contributed by atoms with van der Waals surface area (Å²) in [6, 6.07) is 21.2. The summed E-state index contributed by atoms with van der Waals surface area (Å²) in [6.45, 7) is 2.50. The molecule has 7 heteroatoms. The van der Waals surface area contributed by atoms with Crippen molar-refractivity contribution in [2.24, 2.45) is 5.10 Å². The molecule has 0 saturated heterocycles. The molecular formula is C23H20BrClN2O2S. The van der Waals surface area contributed by atoms with Gasteiger partial charge in [-0.2, -0.15) is 5.10 Å². The largest absolute Gasteiger partial charge is 0.488 e. The van der Waals surface area contributed by atoms with Crippen LogP contribution < -0.4 is 10.2 Å². The van der Waals surface area contributed by atoms with E-state index in [9.17, 15) is 4.79 Å². The Hall–Kier alpha value is -2.28. The minimum Gasteiger partial charge on any atom is -0.488 e. The highest BCUT2D eigenvalue weighted by molar-refractivity contribution is 9.10. The van der Waals surface area contributed by atoms with Crippen LogP contribution >= 0.6 is 39.3 Å². The second-order valence-electron chi connectivity index (χ2n) is 6.50. The van der Waals surface area contributed by atoms with E-state index in [1.54, 1.807) is 18.3 Å². The summed E-state index contributed by atoms with van der Waals surface area (Å²) < 4.78 is 6.87. The van der Waals surface area contributed by atoms with Crippen molar-refractivity contribution >= 4 is 51.4 Å². The van der Waals surface area contributed by atoms with Crippen molar-refractivity contribution < 1.29 is 9.53 Å². The number of thioether (sulfide) groups is 1. The van der Waals surface area contributed by atoms with Gasteiger partial charge in [-0.1, -0.05) is 57.4 Å². The molecule has 0 fully saturated rings. The molecule has 3 aromatic carbocycles. The van der Waals surface area contributed by atoms with Crippen LogP contribution in [-0.4, -0.2) is 17.9 Å². The number of amides is 1. The zero-order chi connectivity index (χ0) is 21.3. The Morgan fingerprint density at radius 3 is 2.73 bits per heavy atom. The third-order valence-electron chi connectivity index (χ3n) is 4.03. The summed E-state index contributed by atoms with van der Waals surface area (Å²) in [6.07, 6.45) is 1.58. The molecule has 154 valence electrons. The molecule has 3 rings (SSSR count). The van der Waals surface area contributed by atoms with Gasteiger partial charge >= 0.3 is 0 Å². The van der Waals surface area contributed by atoms with E-state index in [1.807, 2.05) is 42.5 Å². The molecule has 0 aromatic heterocycles. The SMILES string of the molecule is Cc1cccc(COc2ccc(Br)cc2/C=N\NC(=O)CSc2ccc(Cl)cc2)c1. The van der Waals surface area contributed by atoms with E-state index in [0.717, 1.165) is 20.5 Å². The second kappa shape index (κ2) is 11.2. The third kappa shape index (κ3) is 7.20. The van der Waals surface area contributed by atoms with E-state index in [4.69, 9.17) is 16.3 Å². The van der Waals surface area contributed by atoms with Crippen LogP contribution in [0.2, 0.25) is 5.02 Å². The van der Waals surface area contributed by atoms with Crippen LogP contribution in [0, 0.1) is 6.92 Å². The molecule has 0 aliphatic carbocycles. The van der Waals surface area contributed by atoms with E-state index in [1.165, 1.54) is 17.3 Å². The van der Waals surface area contributed by atoms with Gasteiger partial charge < -0.3 is 4.74 Å². The molecule has 0 radical (unpaired) electrons. The van der Waals surface area contributed by atoms with Crippen molar-refractivity contribution in [3.8, 4) is 5.75 Å². The van der Waals surface area contributed by atoms with Crippen molar-refractivity contribution in [3.05, 3.63) is 92.9 Å². The molecule has 0 heterocycles. The zero-order valence-electron chi connectivity index (χ0n) is 16.3. The Kier molecular flexibility index (Phi) is 8.37. The smallest absolute Gasteiger partial charge is 0.250 e. The van der Waals surface area contributed by atoms with E-state index in [2.05, 4.69) is 45.5 Å². The number of hydrogen-bond donors (Lipinski definition) is 1. The minimum absolute atomic E-state index is 0.191. The third-order valence-corrected chi connectivity index (χ3v) is 5.78. The molecule has 0 aliphatic rings. The van der Waals surface area contributed by atoms with Crippen molar-refractivity contribution in [1.29, 1.82) is 0 Å². The van der Waals surface area contributed by atoms with Gasteiger partial charge in [0.15, 0.2) is 0 Å². The maximum absolute atomic E-state index is 12.1. The van der Waals surface area contributed by atoms with Crippen molar-refractivity contribution in [2.75, 3.05) is 5.75 Å². The molecule has 3 aromatic rings. The Morgan fingerprint density at radius 2 is 1.97 bits per heavy atom. The number of nitrogens with zero attached hydrogens (tertiary/aromatic N) is 1. The highest BCUT2D eigenvalue weighted by atomic mass is 79.9. The molecule has 30 heavy (non-hydrogen) atoms. The van der Waals surface area contributed by atoms with E-state index in [-0.39, 0.29) is 11.7 Å². The quantitative estimate of drug-likeness (QED) is 0.225. The molecule has 1 N–H and O–H groups in total. The van der Waals surface area contributed by atoms with Crippen molar-refractivity contribution in [1.82, 2.24) is 5.43 Å². The number of aryl methyl sites for hydroxylation is 1. The van der Waals surface area contributed by atoms with Crippen LogP contribution in [0.1, 0.15) is 16.7 Å². The number of hydrogen-bond acceptors (Lipinski definition) is 4. The fourth-order valence-corrected chi connectivity index (χ4v) is 3.80. The highest BCUT2D eigenvalue weighted by Crippen LogP contribution is 2.23. The Bertz CT molecular complexity index is 1040. The van der Waals surface area contributed by atoms with Crippen molar-refractivity contribution in [2.45, 2.75) is 18.4 Å². The summed E-state index contributed by atoms with van der Waals surface area (Å²) in [4.78, 5) is 13.0. The lowest BCUT2D eigenvalue weighted by Crippen LogP contribution is -2.19. The molecule has 0 bridgehead atoms. The van der Waals surface area contributed by atoms with Crippen molar-refractivity contribution in [3.63, 3.8) is 0 Å². The van der Waals surface area contributed by atoms with Gasteiger partial charge in [-0.05, 0) is 55.0 Å². The molecule has 0 unspecified atom stereocenters. The Labute approximate surface area is 193 Å². The zero-order valence-corrected chi connectivity index (χ0v) is 19.4. The Morgan fingerprint density at radius 1 is 1.17 bits per heavy atom. The van der Waals surface area contributed by atoms with Gasteiger partial charge in [0.2, 0.25) is 5.91 Å². The summed E-state index contributed by atoms with van der Waals surface area (Å²) in [7, 11) is 0. The number of ether oxygens (including phenoxy) is 1. The number of carbonyl (C=O) groups is 1. The average molecular weight is 504 g/mol. The van der Waals surface area contributed by atoms with Crippen LogP contribution in [-0.2, 0) is 11.4 Å². The lowest BCUT2D eigenvalue weighted by atomic mass is 10.1. The Balaban J connectivity index is 1.56. The topological polar surface area (TPSA) is 50.7 Å². The second-order valence-corrected chi connectivity index (χ2v) is 8.90. The summed E-state index contributed by atoms with van der Waals surface area (Å²) in [5.41, 5.74) is 5.60. The number of rotatable bonds is 8. The van der Waals surface area contributed by atoms with Gasteiger partial charge in [0, 0.05) is 20.0 Å². The van der Waals surface area contributed by atoms with Gasteiger partial charge in [-0.25, -0.2) is 5.43 Å². The lowest BCUT2D eigenvalue weighted by molar-refractivity contribution is -0.118. The first kappa shape index (κ1) is 22.4. The van der Waals surface area contributed by atoms with E-state index in [0.29, 0.717) is 17.4 Å². The van der Waals surface area contributed by atoms with Crippen LogP contribution in [0.4, 0.5) is 0 Å². The summed E-state index contributed by atoms with van der Waals surface area (Å²) >= 11 is 10.7. The summed E-state index contributed by atoms with van der Waals surface area (Å²) in [5, 5.41) is 4.75. The first-order chi connectivity index (χ1) is 14.5. The first-order valence-corrected chi connectivity index (χ1v) is 11.3. The highest BCUT2D eigenvalue weighted by Gasteiger charge is 2.05. The number of carbonyl (C=O) groups excluding carboxylic acids is 1. The van der Waals surface area contributed by atoms with Gasteiger partial charge in [0.1, 0.15) is 12.4 Å². The molecule has 0 atom stereocenters. The van der Waals surface area contributed by atoms with Crippen LogP contribution in [0.25, 0.3) is 0 Å². The fourth-order valence-electron chi connectivity index (χ4n) is 2.60. The van der Waals surface area contributed by atoms with E-state index >= 15 is 0 Å². The number of hydrazone groups is 1. The van der Waals surface area contributed by atoms with Gasteiger partial charge in [0.05, 0.1) is 12.0 Å². The summed E-state index contributed by atoms with van der Waals surface area (Å²) in [5.74, 6) is 0.755. The van der Waals surface area contributed by atoms with Crippen LogP contribution in [0.5, 0.6) is 5.75 Å². The normalized spacial score (nSPS) is 10.9.